The molecule has 1 N–H and O–H groups in total. The maximum Gasteiger partial charge on any atom is 0.00673 e. The molecular weight excluding hydrogens is 170 g/mol. The van der Waals surface area contributed by atoms with Gasteiger partial charge in [0.15, 0.2) is 0 Å². The van der Waals surface area contributed by atoms with Crippen molar-refractivity contribution < 1.29 is 0 Å². The van der Waals surface area contributed by atoms with E-state index >= 15 is 0 Å². The molecule has 1 heteroatoms. The third kappa shape index (κ3) is 4.45. The second-order valence-corrected chi connectivity index (χ2v) is 5.63. The minimum atomic E-state index is 0.505. The molecule has 1 nitrogen and oxygen atoms in total. The normalized spacial score (nSPS) is 18.2. The molecule has 0 aromatic heterocycles. The van der Waals surface area contributed by atoms with E-state index in [-0.39, 0.29) is 0 Å². The van der Waals surface area contributed by atoms with Gasteiger partial charge in [-0.1, -0.05) is 46.5 Å². The Morgan fingerprint density at radius 3 is 2.43 bits per heavy atom. The molecule has 0 spiro atoms. The van der Waals surface area contributed by atoms with Gasteiger partial charge < -0.3 is 5.32 Å². The summed E-state index contributed by atoms with van der Waals surface area (Å²) < 4.78 is 0. The summed E-state index contributed by atoms with van der Waals surface area (Å²) in [6.45, 7) is 8.28. The van der Waals surface area contributed by atoms with Crippen LogP contribution in [0.4, 0.5) is 0 Å². The molecule has 1 saturated carbocycles. The van der Waals surface area contributed by atoms with E-state index in [2.05, 4.69) is 26.1 Å². The Labute approximate surface area is 89.7 Å². The van der Waals surface area contributed by atoms with Crippen LogP contribution in [0.2, 0.25) is 0 Å². The third-order valence-corrected chi connectivity index (χ3v) is 3.43. The van der Waals surface area contributed by atoms with Crippen LogP contribution in [0.1, 0.15) is 65.7 Å². The lowest BCUT2D eigenvalue weighted by Gasteiger charge is -2.32. The molecule has 0 aromatic rings. The van der Waals surface area contributed by atoms with Crippen LogP contribution in [0.3, 0.4) is 0 Å². The highest BCUT2D eigenvalue weighted by Crippen LogP contribution is 2.25. The molecule has 0 amide bonds. The van der Waals surface area contributed by atoms with E-state index in [9.17, 15) is 0 Å². The topological polar surface area (TPSA) is 12.0 Å². The predicted molar refractivity (Wildman–Crippen MR) is 63.6 cm³/mol. The van der Waals surface area contributed by atoms with Gasteiger partial charge in [-0.3, -0.25) is 0 Å². The molecule has 1 aliphatic rings. The summed E-state index contributed by atoms with van der Waals surface area (Å²) in [6.07, 6.45) is 9.76. The predicted octanol–water partition coefficient (Wildman–Crippen LogP) is 3.74. The van der Waals surface area contributed by atoms with Gasteiger partial charge in [0, 0.05) is 12.6 Å². The Morgan fingerprint density at radius 1 is 1.21 bits per heavy atom. The van der Waals surface area contributed by atoms with Crippen LogP contribution in [0, 0.1) is 5.41 Å². The van der Waals surface area contributed by atoms with Crippen LogP contribution >= 0.6 is 0 Å². The zero-order valence-corrected chi connectivity index (χ0v) is 10.2. The van der Waals surface area contributed by atoms with Crippen LogP contribution in [0.15, 0.2) is 0 Å². The zero-order valence-electron chi connectivity index (χ0n) is 10.2. The van der Waals surface area contributed by atoms with E-state index < -0.39 is 0 Å². The first-order valence-corrected chi connectivity index (χ1v) is 6.37. The average Bonchev–Trinajstić information content (AvgIpc) is 2.01. The molecule has 0 unspecified atom stereocenters. The molecule has 0 bridgehead atoms. The van der Waals surface area contributed by atoms with Gasteiger partial charge in [0.2, 0.25) is 0 Å². The maximum atomic E-state index is 3.69. The molecule has 14 heavy (non-hydrogen) atoms. The summed E-state index contributed by atoms with van der Waals surface area (Å²) in [4.78, 5) is 0. The fourth-order valence-electron chi connectivity index (χ4n) is 1.97. The summed E-state index contributed by atoms with van der Waals surface area (Å²) >= 11 is 0. The van der Waals surface area contributed by atoms with Crippen molar-refractivity contribution in [2.45, 2.75) is 71.8 Å². The summed E-state index contributed by atoms with van der Waals surface area (Å²) in [5, 5.41) is 3.69. The Morgan fingerprint density at radius 2 is 1.93 bits per heavy atom. The number of unbranched alkanes of at least 4 members (excludes halogenated alkanes) is 2. The third-order valence-electron chi connectivity index (χ3n) is 3.43. The van der Waals surface area contributed by atoms with Crippen LogP contribution < -0.4 is 5.32 Å². The Kier molecular flexibility index (Phi) is 4.94. The first-order chi connectivity index (χ1) is 6.64. The van der Waals surface area contributed by atoms with Gasteiger partial charge in [-0.25, -0.2) is 0 Å². The quantitative estimate of drug-likeness (QED) is 0.613. The SMILES string of the molecule is CCCCCC(C)(C)CNC1CCC1. The smallest absolute Gasteiger partial charge is 0.00673 e. The first-order valence-electron chi connectivity index (χ1n) is 6.37. The second kappa shape index (κ2) is 5.75. The molecule has 0 heterocycles. The van der Waals surface area contributed by atoms with E-state index in [1.54, 1.807) is 0 Å². The lowest BCUT2D eigenvalue weighted by molar-refractivity contribution is 0.250. The Balaban J connectivity index is 2.05. The summed E-state index contributed by atoms with van der Waals surface area (Å²) in [5.41, 5.74) is 0.505. The van der Waals surface area contributed by atoms with E-state index in [0.29, 0.717) is 5.41 Å². The van der Waals surface area contributed by atoms with Crippen molar-refractivity contribution in [2.24, 2.45) is 5.41 Å². The highest BCUT2D eigenvalue weighted by molar-refractivity contribution is 4.80. The van der Waals surface area contributed by atoms with Crippen molar-refractivity contribution in [1.82, 2.24) is 5.32 Å². The van der Waals surface area contributed by atoms with Crippen molar-refractivity contribution >= 4 is 0 Å². The largest absolute Gasteiger partial charge is 0.313 e. The van der Waals surface area contributed by atoms with E-state index in [1.165, 1.54) is 51.5 Å². The first kappa shape index (κ1) is 12.0. The fourth-order valence-corrected chi connectivity index (χ4v) is 1.97. The lowest BCUT2D eigenvalue weighted by atomic mass is 9.85. The van der Waals surface area contributed by atoms with Gasteiger partial charge in [-0.2, -0.15) is 0 Å². The highest BCUT2D eigenvalue weighted by atomic mass is 14.9. The highest BCUT2D eigenvalue weighted by Gasteiger charge is 2.22. The van der Waals surface area contributed by atoms with Crippen LogP contribution in [0.5, 0.6) is 0 Å². The fraction of sp³-hybridized carbons (Fsp3) is 1.00. The summed E-state index contributed by atoms with van der Waals surface area (Å²) in [6, 6.07) is 0.848. The molecule has 84 valence electrons. The van der Waals surface area contributed by atoms with Crippen molar-refractivity contribution in [2.75, 3.05) is 6.54 Å². The van der Waals surface area contributed by atoms with Gasteiger partial charge in [0.05, 0.1) is 0 Å². The van der Waals surface area contributed by atoms with Gasteiger partial charge in [0.25, 0.3) is 0 Å². The van der Waals surface area contributed by atoms with Crippen LogP contribution in [0.25, 0.3) is 0 Å². The van der Waals surface area contributed by atoms with Crippen molar-refractivity contribution in [3.8, 4) is 0 Å². The molecule has 0 radical (unpaired) electrons. The Hall–Kier alpha value is -0.0400. The summed E-state index contributed by atoms with van der Waals surface area (Å²) in [5.74, 6) is 0. The van der Waals surface area contributed by atoms with E-state index in [0.717, 1.165) is 6.04 Å². The van der Waals surface area contributed by atoms with E-state index in [1.807, 2.05) is 0 Å². The minimum absolute atomic E-state index is 0.505. The number of hydrogen-bond donors (Lipinski definition) is 1. The molecule has 0 aromatic carbocycles. The maximum absolute atomic E-state index is 3.69. The van der Waals surface area contributed by atoms with Gasteiger partial charge in [-0.05, 0) is 24.7 Å². The molecule has 0 saturated heterocycles. The monoisotopic (exact) mass is 197 g/mol. The number of nitrogens with one attached hydrogen (secondary N) is 1. The van der Waals surface area contributed by atoms with Crippen molar-refractivity contribution in [1.29, 1.82) is 0 Å². The van der Waals surface area contributed by atoms with E-state index in [4.69, 9.17) is 0 Å². The molecule has 0 atom stereocenters. The molecule has 1 aliphatic carbocycles. The van der Waals surface area contributed by atoms with Gasteiger partial charge >= 0.3 is 0 Å². The molecule has 0 aliphatic heterocycles. The molecule has 1 fully saturated rings. The lowest BCUT2D eigenvalue weighted by Crippen LogP contribution is -2.40. The average molecular weight is 197 g/mol. The van der Waals surface area contributed by atoms with Crippen molar-refractivity contribution in [3.05, 3.63) is 0 Å². The number of hydrogen-bond acceptors (Lipinski definition) is 1. The molecule has 1 rings (SSSR count). The van der Waals surface area contributed by atoms with Crippen LogP contribution in [-0.4, -0.2) is 12.6 Å². The second-order valence-electron chi connectivity index (χ2n) is 5.63. The summed E-state index contributed by atoms with van der Waals surface area (Å²) in [7, 11) is 0. The van der Waals surface area contributed by atoms with Gasteiger partial charge in [-0.15, -0.1) is 0 Å². The minimum Gasteiger partial charge on any atom is -0.313 e. The van der Waals surface area contributed by atoms with Crippen molar-refractivity contribution in [3.63, 3.8) is 0 Å². The van der Waals surface area contributed by atoms with Crippen LogP contribution in [-0.2, 0) is 0 Å². The Bertz CT molecular complexity index is 147. The molecular formula is C13H27N. The zero-order chi connectivity index (χ0) is 10.4. The number of rotatable bonds is 7. The van der Waals surface area contributed by atoms with Gasteiger partial charge in [0.1, 0.15) is 0 Å². The standard InChI is InChI=1S/C13H27N/c1-4-5-6-10-13(2,3)11-14-12-8-7-9-12/h12,14H,4-11H2,1-3H3.